The van der Waals surface area contributed by atoms with Gasteiger partial charge in [0.2, 0.25) is 5.75 Å². The molecule has 0 unspecified atom stereocenters. The van der Waals surface area contributed by atoms with Crippen LogP contribution in [-0.2, 0) is 6.11 Å². The molecule has 0 saturated carbocycles. The van der Waals surface area contributed by atoms with Crippen LogP contribution in [0.1, 0.15) is 5.56 Å². The topological polar surface area (TPSA) is 18.5 Å². The molecule has 3 rings (SSSR count). The molecule has 0 N–H and O–H groups in total. The van der Waals surface area contributed by atoms with E-state index in [9.17, 15) is 48.3 Å². The Hall–Kier alpha value is -3.22. The van der Waals surface area contributed by atoms with Crippen molar-refractivity contribution in [3.8, 4) is 22.6 Å². The summed E-state index contributed by atoms with van der Waals surface area (Å²) in [7, 11) is 0. The fourth-order valence-corrected chi connectivity index (χ4v) is 3.01. The highest BCUT2D eigenvalue weighted by Gasteiger charge is 2.41. The Labute approximate surface area is 187 Å². The maximum absolute atomic E-state index is 14.4. The first-order chi connectivity index (χ1) is 15.6. The first kappa shape index (κ1) is 25.4. The molecule has 0 bridgehead atoms. The van der Waals surface area contributed by atoms with Crippen molar-refractivity contribution in [2.45, 2.75) is 12.5 Å². The number of rotatable bonds is 5. The molecule has 0 aromatic heterocycles. The summed E-state index contributed by atoms with van der Waals surface area (Å²) < 4.78 is 157. The van der Waals surface area contributed by atoms with Crippen molar-refractivity contribution in [3.63, 3.8) is 0 Å². The highest BCUT2D eigenvalue weighted by atomic mass is 35.5. The van der Waals surface area contributed by atoms with Gasteiger partial charge in [0, 0.05) is 17.2 Å². The van der Waals surface area contributed by atoms with Gasteiger partial charge in [-0.15, -0.1) is 13.2 Å². The number of alkyl halides is 5. The second-order valence-corrected chi connectivity index (χ2v) is 6.88. The average molecular weight is 523 g/mol. The molecular formula is C20H6ClF11O2. The monoisotopic (exact) mass is 522 g/mol. The lowest BCUT2D eigenvalue weighted by Gasteiger charge is -2.20. The fourth-order valence-electron chi connectivity index (χ4n) is 2.82. The van der Waals surface area contributed by atoms with Gasteiger partial charge in [0.15, 0.2) is 11.6 Å². The zero-order chi connectivity index (χ0) is 25.6. The van der Waals surface area contributed by atoms with Crippen LogP contribution in [0.2, 0.25) is 5.02 Å². The van der Waals surface area contributed by atoms with Gasteiger partial charge in [-0.1, -0.05) is 11.6 Å². The molecule has 2 nitrogen and oxygen atoms in total. The Balaban J connectivity index is 1.99. The van der Waals surface area contributed by atoms with E-state index in [-0.39, 0.29) is 24.3 Å². The van der Waals surface area contributed by atoms with Gasteiger partial charge in [0.1, 0.15) is 34.6 Å². The maximum atomic E-state index is 14.4. The highest BCUT2D eigenvalue weighted by Crippen LogP contribution is 2.39. The second kappa shape index (κ2) is 8.85. The van der Waals surface area contributed by atoms with Crippen molar-refractivity contribution in [3.05, 3.63) is 81.9 Å². The van der Waals surface area contributed by atoms with Gasteiger partial charge in [-0.25, -0.2) is 26.3 Å². The number of ether oxygens (including phenoxy) is 2. The van der Waals surface area contributed by atoms with Crippen molar-refractivity contribution in [2.75, 3.05) is 0 Å². The summed E-state index contributed by atoms with van der Waals surface area (Å²) in [6.07, 6.45) is -10.3. The molecule has 0 aliphatic carbocycles. The SMILES string of the molecule is Fc1cc(-c2c(F)cc(OC(F)(F)c3c(F)cc(Cl)cc3F)cc2F)cc(F)c1OC(F)(F)F. The number of hydrogen-bond donors (Lipinski definition) is 0. The molecule has 14 heteroatoms. The van der Waals surface area contributed by atoms with Gasteiger partial charge in [0.25, 0.3) is 0 Å². The summed E-state index contributed by atoms with van der Waals surface area (Å²) in [6.45, 7) is 0. The van der Waals surface area contributed by atoms with Gasteiger partial charge < -0.3 is 9.47 Å². The molecule has 3 aromatic carbocycles. The number of hydrogen-bond acceptors (Lipinski definition) is 2. The molecule has 0 amide bonds. The summed E-state index contributed by atoms with van der Waals surface area (Å²) in [4.78, 5) is 0. The van der Waals surface area contributed by atoms with Crippen LogP contribution in [0.15, 0.2) is 36.4 Å². The largest absolute Gasteiger partial charge is 0.573 e. The van der Waals surface area contributed by atoms with Gasteiger partial charge in [0.05, 0.1) is 5.56 Å². The van der Waals surface area contributed by atoms with E-state index in [1.165, 1.54) is 0 Å². The average Bonchev–Trinajstić information content (AvgIpc) is 2.61. The molecule has 0 atom stereocenters. The summed E-state index contributed by atoms with van der Waals surface area (Å²) in [5, 5.41) is -0.567. The lowest BCUT2D eigenvalue weighted by Crippen LogP contribution is -2.25. The van der Waals surface area contributed by atoms with Crippen LogP contribution in [0.4, 0.5) is 48.3 Å². The van der Waals surface area contributed by atoms with Crippen LogP contribution in [0.25, 0.3) is 11.1 Å². The smallest absolute Gasteiger partial charge is 0.429 e. The zero-order valence-electron chi connectivity index (χ0n) is 15.8. The molecule has 0 heterocycles. The van der Waals surface area contributed by atoms with Crippen LogP contribution in [-0.4, -0.2) is 6.36 Å². The van der Waals surface area contributed by atoms with Gasteiger partial charge in [-0.2, -0.15) is 8.78 Å². The Bertz CT molecular complexity index is 1190. The third kappa shape index (κ3) is 5.29. The summed E-state index contributed by atoms with van der Waals surface area (Å²) in [5.74, 6) is -14.3. The van der Waals surface area contributed by atoms with Crippen molar-refractivity contribution in [1.29, 1.82) is 0 Å². The van der Waals surface area contributed by atoms with Gasteiger partial charge >= 0.3 is 12.5 Å². The fraction of sp³-hybridized carbons (Fsp3) is 0.100. The zero-order valence-corrected chi connectivity index (χ0v) is 16.6. The third-order valence-corrected chi connectivity index (χ3v) is 4.28. The molecule has 0 aliphatic rings. The van der Waals surface area contributed by atoms with E-state index in [4.69, 9.17) is 11.6 Å². The third-order valence-electron chi connectivity index (χ3n) is 4.06. The van der Waals surface area contributed by atoms with Crippen LogP contribution in [0.5, 0.6) is 11.5 Å². The predicted molar refractivity (Wildman–Crippen MR) is 94.3 cm³/mol. The minimum Gasteiger partial charge on any atom is -0.429 e. The minimum atomic E-state index is -5.48. The maximum Gasteiger partial charge on any atom is 0.573 e. The van der Waals surface area contributed by atoms with E-state index < -0.39 is 80.6 Å². The first-order valence-electron chi connectivity index (χ1n) is 8.55. The predicted octanol–water partition coefficient (Wildman–Crippen LogP) is 7.87. The molecule has 182 valence electrons. The molecule has 0 saturated heterocycles. The highest BCUT2D eigenvalue weighted by molar-refractivity contribution is 6.30. The second-order valence-electron chi connectivity index (χ2n) is 6.44. The molecule has 0 spiro atoms. The van der Waals surface area contributed by atoms with E-state index >= 15 is 0 Å². The standard InChI is InChI=1S/C20H6ClF11O2/c21-8-3-12(24)17(13(25)4-8)19(28,29)33-9-5-10(22)16(11(23)6-9)7-1-14(26)18(15(27)2-7)34-20(30,31)32/h1-6H. The van der Waals surface area contributed by atoms with Crippen LogP contribution in [0.3, 0.4) is 0 Å². The van der Waals surface area contributed by atoms with E-state index in [2.05, 4.69) is 9.47 Å². The molecular weight excluding hydrogens is 517 g/mol. The molecule has 34 heavy (non-hydrogen) atoms. The van der Waals surface area contributed by atoms with E-state index in [0.717, 1.165) is 0 Å². The quantitative estimate of drug-likeness (QED) is 0.318. The summed E-state index contributed by atoms with van der Waals surface area (Å²) in [6, 6.07) is 1.04. The molecule has 0 fully saturated rings. The number of halogens is 12. The van der Waals surface area contributed by atoms with E-state index in [0.29, 0.717) is 12.1 Å². The minimum absolute atomic E-state index is 0.0913. The molecule has 0 radical (unpaired) electrons. The van der Waals surface area contributed by atoms with Gasteiger partial charge in [-0.05, 0) is 29.8 Å². The Morgan fingerprint density at radius 3 is 1.50 bits per heavy atom. The lowest BCUT2D eigenvalue weighted by atomic mass is 10.0. The van der Waals surface area contributed by atoms with Crippen molar-refractivity contribution in [1.82, 2.24) is 0 Å². The van der Waals surface area contributed by atoms with Crippen molar-refractivity contribution >= 4 is 11.6 Å². The Morgan fingerprint density at radius 2 is 1.06 bits per heavy atom. The van der Waals surface area contributed by atoms with Crippen molar-refractivity contribution < 1.29 is 57.8 Å². The van der Waals surface area contributed by atoms with Crippen LogP contribution in [0, 0.1) is 34.9 Å². The first-order valence-corrected chi connectivity index (χ1v) is 8.93. The summed E-state index contributed by atoms with van der Waals surface area (Å²) >= 11 is 5.33. The number of benzene rings is 3. The lowest BCUT2D eigenvalue weighted by molar-refractivity contribution is -0.276. The summed E-state index contributed by atoms with van der Waals surface area (Å²) in [5.41, 5.74) is -4.13. The van der Waals surface area contributed by atoms with E-state index in [1.54, 1.807) is 0 Å². The Kier molecular flexibility index (Phi) is 6.62. The molecule has 0 aliphatic heterocycles. The Morgan fingerprint density at radius 1 is 0.588 bits per heavy atom. The van der Waals surface area contributed by atoms with Crippen LogP contribution >= 0.6 is 11.6 Å². The van der Waals surface area contributed by atoms with Crippen LogP contribution < -0.4 is 9.47 Å². The molecule has 3 aromatic rings. The normalized spacial score (nSPS) is 12.1. The van der Waals surface area contributed by atoms with Crippen molar-refractivity contribution in [2.24, 2.45) is 0 Å². The van der Waals surface area contributed by atoms with E-state index in [1.807, 2.05) is 0 Å². The van der Waals surface area contributed by atoms with Gasteiger partial charge in [-0.3, -0.25) is 0 Å².